The molecule has 28 heavy (non-hydrogen) atoms. The number of carbonyl (C=O) groups is 3. The van der Waals surface area contributed by atoms with Crippen LogP contribution in [0, 0.1) is 22.7 Å². The zero-order valence-electron chi connectivity index (χ0n) is 16.8. The maximum Gasteiger partial charge on any atom is 0.312 e. The highest BCUT2D eigenvalue weighted by atomic mass is 16.5. The van der Waals surface area contributed by atoms with Crippen LogP contribution in [0.2, 0.25) is 0 Å². The number of ether oxygens (including phenoxy) is 2. The van der Waals surface area contributed by atoms with Crippen LogP contribution < -0.4 is 0 Å². The largest absolute Gasteiger partial charge is 0.472 e. The van der Waals surface area contributed by atoms with Crippen molar-refractivity contribution in [1.29, 1.82) is 0 Å². The van der Waals surface area contributed by atoms with Gasteiger partial charge >= 0.3 is 11.9 Å². The molecule has 6 nitrogen and oxygen atoms in total. The maximum atomic E-state index is 13.2. The standard InChI is InChI=1S/C22H28O6/c1-14-6-7-18-21(2,19(24)26-3)9-5-10-22(18,20(25)27-4)16(14)12-17(23)15-8-11-28-13-15/h8,11,13,16,18H,1,5-7,9-10,12H2,2-4H3/t16-,18-,21-,22-/m0/s1. The molecule has 3 rings (SSSR count). The number of rotatable bonds is 5. The summed E-state index contributed by atoms with van der Waals surface area (Å²) in [6, 6.07) is 1.62. The molecule has 2 saturated carbocycles. The fourth-order valence-corrected chi connectivity index (χ4v) is 5.63. The van der Waals surface area contributed by atoms with Crippen LogP contribution >= 0.6 is 0 Å². The zero-order chi connectivity index (χ0) is 20.5. The molecule has 0 aromatic carbocycles. The van der Waals surface area contributed by atoms with Crippen LogP contribution in [0.1, 0.15) is 55.8 Å². The highest BCUT2D eigenvalue weighted by molar-refractivity contribution is 5.96. The second-order valence-electron chi connectivity index (χ2n) is 8.24. The number of hydrogen-bond acceptors (Lipinski definition) is 6. The molecule has 0 radical (unpaired) electrons. The fourth-order valence-electron chi connectivity index (χ4n) is 5.63. The number of carbonyl (C=O) groups excluding carboxylic acids is 3. The van der Waals surface area contributed by atoms with Gasteiger partial charge in [0, 0.05) is 12.3 Å². The van der Waals surface area contributed by atoms with Gasteiger partial charge in [0.25, 0.3) is 0 Å². The Morgan fingerprint density at radius 3 is 2.54 bits per heavy atom. The summed E-state index contributed by atoms with van der Waals surface area (Å²) in [5.41, 5.74) is -0.405. The van der Waals surface area contributed by atoms with Crippen LogP contribution in [0.15, 0.2) is 35.2 Å². The number of methoxy groups -OCH3 is 2. The molecule has 0 spiro atoms. The second-order valence-corrected chi connectivity index (χ2v) is 8.24. The van der Waals surface area contributed by atoms with Crippen molar-refractivity contribution < 1.29 is 28.3 Å². The highest BCUT2D eigenvalue weighted by Crippen LogP contribution is 2.62. The summed E-state index contributed by atoms with van der Waals surface area (Å²) >= 11 is 0. The third-order valence-electron chi connectivity index (χ3n) is 7.00. The van der Waals surface area contributed by atoms with Crippen LogP contribution in [0.5, 0.6) is 0 Å². The van der Waals surface area contributed by atoms with Crippen molar-refractivity contribution in [1.82, 2.24) is 0 Å². The predicted molar refractivity (Wildman–Crippen MR) is 101 cm³/mol. The van der Waals surface area contributed by atoms with Gasteiger partial charge in [0.2, 0.25) is 0 Å². The van der Waals surface area contributed by atoms with Gasteiger partial charge in [0.15, 0.2) is 5.78 Å². The van der Waals surface area contributed by atoms with E-state index in [1.54, 1.807) is 6.07 Å². The molecule has 4 atom stereocenters. The van der Waals surface area contributed by atoms with Gasteiger partial charge in [-0.2, -0.15) is 0 Å². The van der Waals surface area contributed by atoms with Crippen molar-refractivity contribution in [3.63, 3.8) is 0 Å². The Balaban J connectivity index is 2.06. The number of furan rings is 1. The molecule has 2 aliphatic carbocycles. The Kier molecular flexibility index (Phi) is 5.50. The molecule has 6 heteroatoms. The minimum absolute atomic E-state index is 0.103. The third-order valence-corrected chi connectivity index (χ3v) is 7.00. The molecular formula is C22H28O6. The number of hydrogen-bond donors (Lipinski definition) is 0. The third kappa shape index (κ3) is 2.99. The highest BCUT2D eigenvalue weighted by Gasteiger charge is 2.64. The smallest absolute Gasteiger partial charge is 0.312 e. The Morgan fingerprint density at radius 2 is 1.93 bits per heavy atom. The van der Waals surface area contributed by atoms with E-state index in [4.69, 9.17) is 13.9 Å². The first-order valence-electron chi connectivity index (χ1n) is 9.71. The van der Waals surface area contributed by atoms with E-state index in [2.05, 4.69) is 6.58 Å². The van der Waals surface area contributed by atoms with Gasteiger partial charge in [-0.05, 0) is 44.6 Å². The molecule has 1 aromatic heterocycles. The second kappa shape index (κ2) is 7.57. The summed E-state index contributed by atoms with van der Waals surface area (Å²) in [6.45, 7) is 6.07. The van der Waals surface area contributed by atoms with E-state index >= 15 is 0 Å². The average Bonchev–Trinajstić information content (AvgIpc) is 3.23. The summed E-state index contributed by atoms with van der Waals surface area (Å²) < 4.78 is 15.4. The zero-order valence-corrected chi connectivity index (χ0v) is 16.8. The molecule has 0 aliphatic heterocycles. The lowest BCUT2D eigenvalue weighted by Gasteiger charge is -2.56. The van der Waals surface area contributed by atoms with E-state index in [1.165, 1.54) is 26.7 Å². The Morgan fingerprint density at radius 1 is 1.21 bits per heavy atom. The summed E-state index contributed by atoms with van der Waals surface area (Å²) in [5.74, 6) is -1.42. The monoisotopic (exact) mass is 388 g/mol. The summed E-state index contributed by atoms with van der Waals surface area (Å²) in [5, 5.41) is 0. The Bertz CT molecular complexity index is 779. The van der Waals surface area contributed by atoms with Crippen LogP contribution in [0.3, 0.4) is 0 Å². The lowest BCUT2D eigenvalue weighted by Crippen LogP contribution is -2.59. The van der Waals surface area contributed by atoms with Gasteiger partial charge in [0.1, 0.15) is 6.26 Å². The van der Waals surface area contributed by atoms with Crippen LogP contribution in [-0.2, 0) is 19.1 Å². The van der Waals surface area contributed by atoms with E-state index in [1.807, 2.05) is 6.92 Å². The molecule has 2 fully saturated rings. The van der Waals surface area contributed by atoms with Gasteiger partial charge in [0.05, 0.1) is 36.9 Å². The first-order valence-corrected chi connectivity index (χ1v) is 9.71. The predicted octanol–water partition coefficient (Wildman–Crippen LogP) is 3.96. The molecule has 1 aromatic rings. The summed E-state index contributed by atoms with van der Waals surface area (Å²) in [4.78, 5) is 38.8. The van der Waals surface area contributed by atoms with Gasteiger partial charge in [-0.25, -0.2) is 0 Å². The number of Topliss-reactive ketones (excluding diaryl/α,β-unsaturated/α-hetero) is 1. The molecule has 0 saturated heterocycles. The van der Waals surface area contributed by atoms with E-state index in [9.17, 15) is 14.4 Å². The Labute approximate surface area is 165 Å². The maximum absolute atomic E-state index is 13.2. The Hall–Kier alpha value is -2.37. The average molecular weight is 388 g/mol. The minimum Gasteiger partial charge on any atom is -0.472 e. The molecule has 0 amide bonds. The van der Waals surface area contributed by atoms with Gasteiger partial charge < -0.3 is 13.9 Å². The van der Waals surface area contributed by atoms with E-state index in [-0.39, 0.29) is 36.0 Å². The molecular weight excluding hydrogens is 360 g/mol. The first kappa shape index (κ1) is 20.4. The normalized spacial score (nSPS) is 32.3. The molecule has 0 bridgehead atoms. The van der Waals surface area contributed by atoms with Crippen molar-refractivity contribution in [3.05, 3.63) is 36.3 Å². The molecule has 2 aliphatic rings. The number of fused-ring (bicyclic) bond motifs is 1. The van der Waals surface area contributed by atoms with Crippen molar-refractivity contribution in [2.45, 2.75) is 45.4 Å². The van der Waals surface area contributed by atoms with E-state index in [0.717, 1.165) is 5.57 Å². The van der Waals surface area contributed by atoms with Crippen molar-refractivity contribution in [2.24, 2.45) is 22.7 Å². The van der Waals surface area contributed by atoms with Gasteiger partial charge in [-0.15, -0.1) is 0 Å². The van der Waals surface area contributed by atoms with E-state index < -0.39 is 10.8 Å². The summed E-state index contributed by atoms with van der Waals surface area (Å²) in [7, 11) is 2.74. The minimum atomic E-state index is -0.954. The van der Waals surface area contributed by atoms with Crippen LogP contribution in [0.4, 0.5) is 0 Å². The first-order chi connectivity index (χ1) is 13.3. The van der Waals surface area contributed by atoms with Crippen molar-refractivity contribution in [2.75, 3.05) is 14.2 Å². The van der Waals surface area contributed by atoms with Crippen LogP contribution in [0.25, 0.3) is 0 Å². The van der Waals surface area contributed by atoms with Crippen molar-refractivity contribution in [3.8, 4) is 0 Å². The SMILES string of the molecule is C=C1CC[C@@H]2[C@](C(=O)OC)(CCC[C@]2(C)C(=O)OC)[C@H]1CC(=O)c1ccoc1. The lowest BCUT2D eigenvalue weighted by molar-refractivity contribution is -0.184. The lowest BCUT2D eigenvalue weighted by atomic mass is 9.45. The molecule has 0 unspecified atom stereocenters. The topological polar surface area (TPSA) is 82.8 Å². The van der Waals surface area contributed by atoms with Crippen molar-refractivity contribution >= 4 is 17.7 Å². The van der Waals surface area contributed by atoms with Crippen LogP contribution in [-0.4, -0.2) is 31.9 Å². The fraction of sp³-hybridized carbons (Fsp3) is 0.591. The van der Waals surface area contributed by atoms with E-state index in [0.29, 0.717) is 37.7 Å². The molecule has 1 heterocycles. The summed E-state index contributed by atoms with van der Waals surface area (Å²) in [6.07, 6.45) is 6.22. The molecule has 152 valence electrons. The quantitative estimate of drug-likeness (QED) is 0.431. The van der Waals surface area contributed by atoms with Gasteiger partial charge in [-0.1, -0.05) is 18.6 Å². The number of allylic oxidation sites excluding steroid dienone is 1. The number of esters is 2. The number of ketones is 1. The molecule has 0 N–H and O–H groups in total. The van der Waals surface area contributed by atoms with Gasteiger partial charge in [-0.3, -0.25) is 14.4 Å².